The van der Waals surface area contributed by atoms with Gasteiger partial charge in [0.15, 0.2) is 0 Å². The van der Waals surface area contributed by atoms with Crippen molar-refractivity contribution < 1.29 is 9.53 Å². The Hall–Kier alpha value is -2.00. The van der Waals surface area contributed by atoms with Crippen LogP contribution in [0.25, 0.3) is 0 Å². The molecule has 0 saturated heterocycles. The molecule has 0 aliphatic heterocycles. The van der Waals surface area contributed by atoms with E-state index in [0.717, 1.165) is 16.7 Å². The number of halogens is 1. The number of carbonyl (C=O) groups is 1. The number of aryl methyl sites for hydroxylation is 2. The number of nitrogens with two attached hydrogens (primary N) is 1. The van der Waals surface area contributed by atoms with Crippen molar-refractivity contribution in [1.82, 2.24) is 0 Å². The second-order valence-electron chi connectivity index (χ2n) is 4.76. The lowest BCUT2D eigenvalue weighted by Gasteiger charge is -2.09. The number of hydrogen-bond acceptors (Lipinski definition) is 3. The van der Waals surface area contributed by atoms with E-state index < -0.39 is 5.97 Å². The number of hydrogen-bond donors (Lipinski definition) is 1. The number of ether oxygens (including phenoxy) is 1. The topological polar surface area (TPSA) is 52.3 Å². The lowest BCUT2D eigenvalue weighted by molar-refractivity contribution is 0.0474. The lowest BCUT2D eigenvalue weighted by atomic mass is 10.1. The minimum atomic E-state index is -0.442. The Kier molecular flexibility index (Phi) is 4.30. The van der Waals surface area contributed by atoms with Crippen molar-refractivity contribution in [2.24, 2.45) is 0 Å². The van der Waals surface area contributed by atoms with E-state index in [2.05, 4.69) is 0 Å². The van der Waals surface area contributed by atoms with Crippen molar-refractivity contribution in [3.63, 3.8) is 0 Å². The van der Waals surface area contributed by atoms with Crippen molar-refractivity contribution in [2.45, 2.75) is 20.5 Å². The molecule has 0 atom stereocenters. The van der Waals surface area contributed by atoms with E-state index >= 15 is 0 Å². The average Bonchev–Trinajstić information content (AvgIpc) is 2.40. The number of esters is 1. The molecule has 2 aromatic carbocycles. The van der Waals surface area contributed by atoms with Crippen LogP contribution in [0.5, 0.6) is 0 Å². The molecule has 0 aliphatic carbocycles. The Morgan fingerprint density at radius 1 is 1.15 bits per heavy atom. The van der Waals surface area contributed by atoms with Crippen LogP contribution in [0.15, 0.2) is 36.4 Å². The summed E-state index contributed by atoms with van der Waals surface area (Å²) in [5.74, 6) is -0.442. The van der Waals surface area contributed by atoms with E-state index in [1.807, 2.05) is 38.1 Å². The first-order valence-corrected chi connectivity index (χ1v) is 6.63. The average molecular weight is 290 g/mol. The van der Waals surface area contributed by atoms with Gasteiger partial charge in [0, 0.05) is 16.3 Å². The van der Waals surface area contributed by atoms with Gasteiger partial charge in [-0.05, 0) is 37.6 Å². The number of carbonyl (C=O) groups excluding carboxylic acids is 1. The molecule has 0 saturated carbocycles. The molecule has 0 unspecified atom stereocenters. The molecule has 0 fully saturated rings. The van der Waals surface area contributed by atoms with Gasteiger partial charge in [-0.2, -0.15) is 0 Å². The molecule has 4 heteroatoms. The van der Waals surface area contributed by atoms with Gasteiger partial charge in [-0.1, -0.05) is 35.4 Å². The van der Waals surface area contributed by atoms with Crippen molar-refractivity contribution in [1.29, 1.82) is 0 Å². The summed E-state index contributed by atoms with van der Waals surface area (Å²) in [4.78, 5) is 12.0. The van der Waals surface area contributed by atoms with Gasteiger partial charge in [0.25, 0.3) is 0 Å². The second-order valence-corrected chi connectivity index (χ2v) is 5.17. The largest absolute Gasteiger partial charge is 0.457 e. The fourth-order valence-corrected chi connectivity index (χ4v) is 2.13. The molecular formula is C16H16ClNO2. The molecule has 104 valence electrons. The van der Waals surface area contributed by atoms with Gasteiger partial charge in [-0.15, -0.1) is 0 Å². The van der Waals surface area contributed by atoms with Crippen LogP contribution in [0.3, 0.4) is 0 Å². The number of nitrogen functional groups attached to an aromatic ring is 1. The quantitative estimate of drug-likeness (QED) is 0.689. The minimum absolute atomic E-state index is 0.130. The highest BCUT2D eigenvalue weighted by Gasteiger charge is 2.12. The van der Waals surface area contributed by atoms with E-state index in [4.69, 9.17) is 22.1 Å². The number of rotatable bonds is 3. The summed E-state index contributed by atoms with van der Waals surface area (Å²) < 4.78 is 5.27. The third-order valence-electron chi connectivity index (χ3n) is 3.00. The minimum Gasteiger partial charge on any atom is -0.457 e. The summed E-state index contributed by atoms with van der Waals surface area (Å²) in [7, 11) is 0. The molecule has 0 aromatic heterocycles. The summed E-state index contributed by atoms with van der Waals surface area (Å²) in [5, 5.41) is 0.593. The SMILES string of the molecule is Cc1ccc(COC(=O)c2cc(C)ccc2N)c(Cl)c1. The summed E-state index contributed by atoms with van der Waals surface area (Å²) in [6.07, 6.45) is 0. The van der Waals surface area contributed by atoms with E-state index in [0.29, 0.717) is 16.3 Å². The predicted molar refractivity (Wildman–Crippen MR) is 80.9 cm³/mol. The molecule has 2 aromatic rings. The van der Waals surface area contributed by atoms with Gasteiger partial charge >= 0.3 is 5.97 Å². The maximum atomic E-state index is 12.0. The highest BCUT2D eigenvalue weighted by molar-refractivity contribution is 6.31. The number of benzene rings is 2. The van der Waals surface area contributed by atoms with Crippen LogP contribution in [-0.2, 0) is 11.3 Å². The summed E-state index contributed by atoms with van der Waals surface area (Å²) in [6, 6.07) is 10.9. The number of anilines is 1. The van der Waals surface area contributed by atoms with E-state index in [-0.39, 0.29) is 6.61 Å². The van der Waals surface area contributed by atoms with Crippen LogP contribution in [0, 0.1) is 13.8 Å². The molecule has 20 heavy (non-hydrogen) atoms. The van der Waals surface area contributed by atoms with Crippen LogP contribution >= 0.6 is 11.6 Å². The van der Waals surface area contributed by atoms with Crippen LogP contribution in [-0.4, -0.2) is 5.97 Å². The van der Waals surface area contributed by atoms with Crippen molar-refractivity contribution >= 4 is 23.3 Å². The molecule has 0 aliphatic rings. The fraction of sp³-hybridized carbons (Fsp3) is 0.188. The summed E-state index contributed by atoms with van der Waals surface area (Å²) >= 11 is 6.10. The van der Waals surface area contributed by atoms with Crippen LogP contribution in [0.4, 0.5) is 5.69 Å². The third-order valence-corrected chi connectivity index (χ3v) is 3.35. The highest BCUT2D eigenvalue weighted by Crippen LogP contribution is 2.20. The van der Waals surface area contributed by atoms with Gasteiger partial charge in [0.2, 0.25) is 0 Å². The van der Waals surface area contributed by atoms with Crippen LogP contribution in [0.2, 0.25) is 5.02 Å². The smallest absolute Gasteiger partial charge is 0.340 e. The summed E-state index contributed by atoms with van der Waals surface area (Å²) in [6.45, 7) is 3.98. The molecule has 0 radical (unpaired) electrons. The van der Waals surface area contributed by atoms with Gasteiger partial charge in [-0.25, -0.2) is 4.79 Å². The Labute approximate surface area is 123 Å². The second kappa shape index (κ2) is 5.97. The summed E-state index contributed by atoms with van der Waals surface area (Å²) in [5.41, 5.74) is 9.37. The van der Waals surface area contributed by atoms with Crippen molar-refractivity contribution in [3.8, 4) is 0 Å². The van der Waals surface area contributed by atoms with Gasteiger partial charge in [-0.3, -0.25) is 0 Å². The third kappa shape index (κ3) is 3.31. The molecule has 0 spiro atoms. The lowest BCUT2D eigenvalue weighted by Crippen LogP contribution is -2.08. The van der Waals surface area contributed by atoms with Crippen molar-refractivity contribution in [2.75, 3.05) is 5.73 Å². The molecule has 2 N–H and O–H groups in total. The molecular weight excluding hydrogens is 274 g/mol. The molecule has 0 heterocycles. The van der Waals surface area contributed by atoms with Gasteiger partial charge in [0.05, 0.1) is 5.56 Å². The zero-order valence-electron chi connectivity index (χ0n) is 11.4. The standard InChI is InChI=1S/C16H16ClNO2/c1-10-4-6-15(18)13(7-10)16(19)20-9-12-5-3-11(2)8-14(12)17/h3-8H,9,18H2,1-2H3. The van der Waals surface area contributed by atoms with Crippen LogP contribution in [0.1, 0.15) is 27.0 Å². The van der Waals surface area contributed by atoms with E-state index in [1.54, 1.807) is 12.1 Å². The van der Waals surface area contributed by atoms with Gasteiger partial charge < -0.3 is 10.5 Å². The maximum Gasteiger partial charge on any atom is 0.340 e. The highest BCUT2D eigenvalue weighted by atomic mass is 35.5. The van der Waals surface area contributed by atoms with E-state index in [1.165, 1.54) is 0 Å². The first-order chi connectivity index (χ1) is 9.47. The first-order valence-electron chi connectivity index (χ1n) is 6.25. The molecule has 3 nitrogen and oxygen atoms in total. The zero-order valence-corrected chi connectivity index (χ0v) is 12.2. The molecule has 2 rings (SSSR count). The Bertz CT molecular complexity index is 653. The normalized spacial score (nSPS) is 10.3. The Morgan fingerprint density at radius 3 is 2.50 bits per heavy atom. The first kappa shape index (κ1) is 14.4. The van der Waals surface area contributed by atoms with E-state index in [9.17, 15) is 4.79 Å². The Morgan fingerprint density at radius 2 is 1.80 bits per heavy atom. The molecule has 0 bridgehead atoms. The molecule has 0 amide bonds. The fourth-order valence-electron chi connectivity index (χ4n) is 1.84. The maximum absolute atomic E-state index is 12.0. The zero-order chi connectivity index (χ0) is 14.7. The monoisotopic (exact) mass is 289 g/mol. The van der Waals surface area contributed by atoms with Crippen molar-refractivity contribution in [3.05, 3.63) is 63.7 Å². The van der Waals surface area contributed by atoms with Crippen LogP contribution < -0.4 is 5.73 Å². The Balaban J connectivity index is 2.10. The predicted octanol–water partition coefficient (Wildman–Crippen LogP) is 3.90. The van der Waals surface area contributed by atoms with Gasteiger partial charge in [0.1, 0.15) is 6.61 Å².